The van der Waals surface area contributed by atoms with Gasteiger partial charge in [-0.1, -0.05) is 30.3 Å². The highest BCUT2D eigenvalue weighted by Gasteiger charge is 2.12. The Morgan fingerprint density at radius 2 is 1.79 bits per heavy atom. The van der Waals surface area contributed by atoms with E-state index in [9.17, 15) is 13.2 Å². The quantitative estimate of drug-likeness (QED) is 0.492. The van der Waals surface area contributed by atoms with E-state index in [-0.39, 0.29) is 9.99 Å². The second-order valence-corrected chi connectivity index (χ2v) is 7.57. The van der Waals surface area contributed by atoms with Crippen molar-refractivity contribution in [2.75, 3.05) is 0 Å². The van der Waals surface area contributed by atoms with Gasteiger partial charge in [-0.3, -0.25) is 4.79 Å². The Bertz CT molecular complexity index is 715. The Hall–Kier alpha value is -1.43. The fourth-order valence-electron chi connectivity index (χ4n) is 1.41. The number of thiophene rings is 1. The summed E-state index contributed by atoms with van der Waals surface area (Å²) in [6, 6.07) is 11.9. The molecule has 1 heterocycles. The number of carbonyl (C=O) groups is 1. The maximum Gasteiger partial charge on any atom is 0.270 e. The van der Waals surface area contributed by atoms with Gasteiger partial charge in [0.25, 0.3) is 9.05 Å². The molecule has 0 saturated heterocycles. The Balaban J connectivity index is 2.16. The van der Waals surface area contributed by atoms with E-state index in [0.29, 0.717) is 10.4 Å². The molecule has 0 saturated carbocycles. The Kier molecular flexibility index (Phi) is 4.19. The lowest BCUT2D eigenvalue weighted by Crippen LogP contribution is -1.92. The van der Waals surface area contributed by atoms with Crippen molar-refractivity contribution in [2.45, 2.75) is 4.21 Å². The molecule has 0 amide bonds. The van der Waals surface area contributed by atoms with Crippen molar-refractivity contribution in [1.82, 2.24) is 0 Å². The van der Waals surface area contributed by atoms with Crippen LogP contribution in [0.25, 0.3) is 6.08 Å². The van der Waals surface area contributed by atoms with Gasteiger partial charge in [-0.05, 0) is 24.3 Å². The maximum absolute atomic E-state index is 11.8. The number of benzene rings is 1. The average Bonchev–Trinajstić information content (AvgIpc) is 2.86. The molecule has 0 unspecified atom stereocenters. The van der Waals surface area contributed by atoms with Gasteiger partial charge in [-0.2, -0.15) is 0 Å². The second kappa shape index (κ2) is 5.69. The van der Waals surface area contributed by atoms with Gasteiger partial charge >= 0.3 is 0 Å². The number of rotatable bonds is 4. The van der Waals surface area contributed by atoms with Gasteiger partial charge in [0.2, 0.25) is 0 Å². The van der Waals surface area contributed by atoms with Crippen molar-refractivity contribution in [1.29, 1.82) is 0 Å². The first-order valence-electron chi connectivity index (χ1n) is 5.29. The molecule has 0 aliphatic rings. The van der Waals surface area contributed by atoms with Gasteiger partial charge in [0.15, 0.2) is 5.78 Å². The molecule has 2 rings (SSSR count). The summed E-state index contributed by atoms with van der Waals surface area (Å²) in [5, 5.41) is 0. The first kappa shape index (κ1) is 14.0. The highest BCUT2D eigenvalue weighted by Crippen LogP contribution is 2.25. The van der Waals surface area contributed by atoms with E-state index in [1.807, 2.05) is 6.07 Å². The standard InChI is InChI=1S/C13H9ClO3S2/c14-19(16,17)13-9-7-11(18-13)6-8-12(15)10-4-2-1-3-5-10/h1-9H. The summed E-state index contributed by atoms with van der Waals surface area (Å²) in [5.41, 5.74) is 0.584. The summed E-state index contributed by atoms with van der Waals surface area (Å²) in [7, 11) is 1.52. The van der Waals surface area contributed by atoms with Crippen molar-refractivity contribution in [2.24, 2.45) is 0 Å². The monoisotopic (exact) mass is 312 g/mol. The summed E-state index contributed by atoms with van der Waals surface area (Å²) < 4.78 is 22.3. The molecule has 3 nitrogen and oxygen atoms in total. The number of carbonyl (C=O) groups excluding carboxylic acids is 1. The summed E-state index contributed by atoms with van der Waals surface area (Å²) in [6.07, 6.45) is 2.98. The first-order valence-corrected chi connectivity index (χ1v) is 8.41. The van der Waals surface area contributed by atoms with Gasteiger partial charge in [-0.25, -0.2) is 8.42 Å². The van der Waals surface area contributed by atoms with E-state index in [1.54, 1.807) is 36.4 Å². The summed E-state index contributed by atoms with van der Waals surface area (Å²) in [4.78, 5) is 12.5. The molecule has 0 aliphatic heterocycles. The number of halogens is 1. The third kappa shape index (κ3) is 3.76. The average molecular weight is 313 g/mol. The van der Waals surface area contributed by atoms with Gasteiger partial charge < -0.3 is 0 Å². The van der Waals surface area contributed by atoms with Crippen LogP contribution < -0.4 is 0 Å². The highest BCUT2D eigenvalue weighted by atomic mass is 35.7. The van der Waals surface area contributed by atoms with Crippen LogP contribution in [0.3, 0.4) is 0 Å². The minimum Gasteiger partial charge on any atom is -0.289 e. The van der Waals surface area contributed by atoms with Crippen LogP contribution in [0.15, 0.2) is 52.7 Å². The molecular formula is C13H9ClO3S2. The Labute approximate surface area is 119 Å². The van der Waals surface area contributed by atoms with Crippen molar-refractivity contribution in [3.05, 3.63) is 59.0 Å². The van der Waals surface area contributed by atoms with Gasteiger partial charge in [0.05, 0.1) is 0 Å². The van der Waals surface area contributed by atoms with Crippen molar-refractivity contribution >= 4 is 42.9 Å². The lowest BCUT2D eigenvalue weighted by atomic mass is 10.1. The van der Waals surface area contributed by atoms with Crippen LogP contribution in [0, 0.1) is 0 Å². The van der Waals surface area contributed by atoms with E-state index in [4.69, 9.17) is 10.7 Å². The first-order chi connectivity index (χ1) is 8.97. The third-order valence-electron chi connectivity index (χ3n) is 2.30. The molecule has 0 aliphatic carbocycles. The van der Waals surface area contributed by atoms with Gasteiger partial charge in [0.1, 0.15) is 4.21 Å². The van der Waals surface area contributed by atoms with Crippen molar-refractivity contribution < 1.29 is 13.2 Å². The van der Waals surface area contributed by atoms with Crippen LogP contribution in [0.2, 0.25) is 0 Å². The number of hydrogen-bond donors (Lipinski definition) is 0. The molecule has 0 atom stereocenters. The topological polar surface area (TPSA) is 51.2 Å². The van der Waals surface area contributed by atoms with Crippen LogP contribution in [0.4, 0.5) is 0 Å². The molecule has 0 bridgehead atoms. The van der Waals surface area contributed by atoms with Crippen LogP contribution >= 0.6 is 22.0 Å². The van der Waals surface area contributed by atoms with Crippen molar-refractivity contribution in [3.8, 4) is 0 Å². The zero-order chi connectivity index (χ0) is 13.9. The third-order valence-corrected chi connectivity index (χ3v) is 5.44. The van der Waals surface area contributed by atoms with Crippen LogP contribution in [-0.4, -0.2) is 14.2 Å². The molecule has 19 heavy (non-hydrogen) atoms. The van der Waals surface area contributed by atoms with Gasteiger partial charge in [0, 0.05) is 21.1 Å². The summed E-state index contributed by atoms with van der Waals surface area (Å²) >= 11 is 1.02. The van der Waals surface area contributed by atoms with E-state index in [2.05, 4.69) is 0 Å². The molecule has 0 radical (unpaired) electrons. The van der Waals surface area contributed by atoms with Crippen LogP contribution in [0.1, 0.15) is 15.2 Å². The molecule has 6 heteroatoms. The molecule has 0 N–H and O–H groups in total. The molecular weight excluding hydrogens is 304 g/mol. The van der Waals surface area contributed by atoms with Crippen LogP contribution in [0.5, 0.6) is 0 Å². The fraction of sp³-hybridized carbons (Fsp3) is 0. The smallest absolute Gasteiger partial charge is 0.270 e. The second-order valence-electron chi connectivity index (χ2n) is 3.66. The normalized spacial score (nSPS) is 11.8. The van der Waals surface area contributed by atoms with Gasteiger partial charge in [-0.15, -0.1) is 11.3 Å². The SMILES string of the molecule is O=C(C=Cc1ccc(S(=O)(=O)Cl)s1)c1ccccc1. The molecule has 1 aromatic heterocycles. The zero-order valence-corrected chi connectivity index (χ0v) is 12.0. The predicted octanol–water partition coefficient (Wildman–Crippen LogP) is 3.57. The molecule has 1 aromatic carbocycles. The Morgan fingerprint density at radius 3 is 2.37 bits per heavy atom. The lowest BCUT2D eigenvalue weighted by Gasteiger charge is -1.93. The Morgan fingerprint density at radius 1 is 1.11 bits per heavy atom. The number of hydrogen-bond acceptors (Lipinski definition) is 4. The fourth-order valence-corrected chi connectivity index (χ4v) is 3.41. The van der Waals surface area contributed by atoms with E-state index in [0.717, 1.165) is 11.3 Å². The largest absolute Gasteiger partial charge is 0.289 e. The molecule has 0 spiro atoms. The lowest BCUT2D eigenvalue weighted by molar-refractivity contribution is 0.104. The number of allylic oxidation sites excluding steroid dienone is 1. The summed E-state index contributed by atoms with van der Waals surface area (Å²) in [6.45, 7) is 0. The van der Waals surface area contributed by atoms with E-state index < -0.39 is 9.05 Å². The number of ketones is 1. The minimum atomic E-state index is -3.70. The van der Waals surface area contributed by atoms with Crippen LogP contribution in [-0.2, 0) is 9.05 Å². The molecule has 2 aromatic rings. The van der Waals surface area contributed by atoms with E-state index >= 15 is 0 Å². The van der Waals surface area contributed by atoms with Crippen molar-refractivity contribution in [3.63, 3.8) is 0 Å². The van der Waals surface area contributed by atoms with E-state index in [1.165, 1.54) is 12.1 Å². The molecule has 0 fully saturated rings. The zero-order valence-electron chi connectivity index (χ0n) is 9.62. The maximum atomic E-state index is 11.8. The summed E-state index contributed by atoms with van der Waals surface area (Å²) in [5.74, 6) is -0.135. The highest BCUT2D eigenvalue weighted by molar-refractivity contribution is 8.15. The minimum absolute atomic E-state index is 0.0703. The predicted molar refractivity (Wildman–Crippen MR) is 77.2 cm³/mol. The molecule has 98 valence electrons.